The molecule has 3 heteroatoms. The van der Waals surface area contributed by atoms with Gasteiger partial charge >= 0.3 is 0 Å². The second kappa shape index (κ2) is 6.59. The summed E-state index contributed by atoms with van der Waals surface area (Å²) in [6, 6.07) is 5.00. The van der Waals surface area contributed by atoms with Gasteiger partial charge in [-0.05, 0) is 43.5 Å². The molecule has 0 atom stereocenters. The van der Waals surface area contributed by atoms with Gasteiger partial charge in [-0.15, -0.1) is 12.3 Å². The quantitative estimate of drug-likeness (QED) is 0.465. The first-order valence-electron chi connectivity index (χ1n) is 5.66. The Bertz CT molecular complexity index is 432. The zero-order valence-electron chi connectivity index (χ0n) is 9.99. The van der Waals surface area contributed by atoms with Crippen LogP contribution in [0.5, 0.6) is 5.75 Å². The third-order valence-electron chi connectivity index (χ3n) is 2.46. The third-order valence-corrected chi connectivity index (χ3v) is 2.46. The zero-order chi connectivity index (χ0) is 12.7. The van der Waals surface area contributed by atoms with Crippen molar-refractivity contribution >= 4 is 11.6 Å². The first-order chi connectivity index (χ1) is 8.13. The largest absolute Gasteiger partial charge is 0.508 e. The highest BCUT2D eigenvalue weighted by molar-refractivity contribution is 5.90. The van der Waals surface area contributed by atoms with E-state index in [4.69, 9.17) is 6.42 Å². The molecule has 0 bridgehead atoms. The second-order valence-electron chi connectivity index (χ2n) is 3.96. The van der Waals surface area contributed by atoms with Crippen LogP contribution in [0.2, 0.25) is 0 Å². The van der Waals surface area contributed by atoms with E-state index in [0.717, 1.165) is 18.4 Å². The number of terminal acetylenes is 1. The molecule has 1 aromatic rings. The van der Waals surface area contributed by atoms with Crippen LogP contribution in [0, 0.1) is 19.3 Å². The molecule has 0 aliphatic heterocycles. The van der Waals surface area contributed by atoms with Crippen LogP contribution in [-0.2, 0) is 4.79 Å². The van der Waals surface area contributed by atoms with Gasteiger partial charge in [-0.2, -0.15) is 0 Å². The fourth-order valence-electron chi connectivity index (χ4n) is 1.47. The van der Waals surface area contributed by atoms with Gasteiger partial charge in [-0.1, -0.05) is 0 Å². The number of aryl methyl sites for hydroxylation is 1. The monoisotopic (exact) mass is 231 g/mol. The number of hydrogen-bond acceptors (Lipinski definition) is 2. The van der Waals surface area contributed by atoms with Crippen molar-refractivity contribution in [1.82, 2.24) is 0 Å². The Morgan fingerprint density at radius 1 is 1.47 bits per heavy atom. The first-order valence-corrected chi connectivity index (χ1v) is 5.66. The molecule has 0 aliphatic rings. The zero-order valence-corrected chi connectivity index (χ0v) is 9.99. The Labute approximate surface area is 102 Å². The summed E-state index contributed by atoms with van der Waals surface area (Å²) in [6.45, 7) is 1.79. The fraction of sp³-hybridized carbons (Fsp3) is 0.357. The first kappa shape index (κ1) is 13.1. The van der Waals surface area contributed by atoms with Crippen LogP contribution in [-0.4, -0.2) is 11.0 Å². The minimum atomic E-state index is -0.0212. The number of aromatic hydroxyl groups is 1. The number of carbonyl (C=O) groups is 1. The lowest BCUT2D eigenvalue weighted by Gasteiger charge is -2.06. The molecule has 0 saturated heterocycles. The lowest BCUT2D eigenvalue weighted by atomic mass is 10.1. The number of benzene rings is 1. The minimum absolute atomic E-state index is 0.0212. The molecule has 0 aromatic heterocycles. The maximum atomic E-state index is 11.5. The summed E-state index contributed by atoms with van der Waals surface area (Å²) in [4.78, 5) is 11.5. The molecule has 3 nitrogen and oxygen atoms in total. The lowest BCUT2D eigenvalue weighted by Crippen LogP contribution is -2.11. The van der Waals surface area contributed by atoms with E-state index in [1.807, 2.05) is 0 Å². The Balaban J connectivity index is 2.40. The topological polar surface area (TPSA) is 49.3 Å². The van der Waals surface area contributed by atoms with Gasteiger partial charge in [-0.25, -0.2) is 0 Å². The van der Waals surface area contributed by atoms with Crippen molar-refractivity contribution in [2.24, 2.45) is 0 Å². The Morgan fingerprint density at radius 3 is 2.88 bits per heavy atom. The lowest BCUT2D eigenvalue weighted by molar-refractivity contribution is -0.116. The number of rotatable bonds is 5. The highest BCUT2D eigenvalue weighted by Crippen LogP contribution is 2.20. The van der Waals surface area contributed by atoms with Crippen LogP contribution in [0.4, 0.5) is 5.69 Å². The van der Waals surface area contributed by atoms with Crippen LogP contribution >= 0.6 is 0 Å². The summed E-state index contributed by atoms with van der Waals surface area (Å²) in [5.41, 5.74) is 1.46. The molecule has 0 fully saturated rings. The van der Waals surface area contributed by atoms with Gasteiger partial charge in [0.2, 0.25) is 5.91 Å². The molecule has 90 valence electrons. The van der Waals surface area contributed by atoms with Crippen LogP contribution in [0.15, 0.2) is 18.2 Å². The van der Waals surface area contributed by atoms with Crippen molar-refractivity contribution in [1.29, 1.82) is 0 Å². The summed E-state index contributed by atoms with van der Waals surface area (Å²) in [6.07, 6.45) is 7.99. The smallest absolute Gasteiger partial charge is 0.224 e. The molecule has 2 N–H and O–H groups in total. The van der Waals surface area contributed by atoms with Crippen molar-refractivity contribution in [3.63, 3.8) is 0 Å². The summed E-state index contributed by atoms with van der Waals surface area (Å²) < 4.78 is 0. The molecule has 0 heterocycles. The van der Waals surface area contributed by atoms with E-state index < -0.39 is 0 Å². The van der Waals surface area contributed by atoms with E-state index in [2.05, 4.69) is 11.2 Å². The van der Waals surface area contributed by atoms with Gasteiger partial charge < -0.3 is 10.4 Å². The van der Waals surface area contributed by atoms with Crippen molar-refractivity contribution in [2.75, 3.05) is 5.32 Å². The molecule has 1 rings (SSSR count). The maximum Gasteiger partial charge on any atom is 0.224 e. The normalized spacial score (nSPS) is 9.65. The molecule has 0 unspecified atom stereocenters. The van der Waals surface area contributed by atoms with Crippen molar-refractivity contribution in [2.45, 2.75) is 32.6 Å². The van der Waals surface area contributed by atoms with Crippen LogP contribution in [0.3, 0.4) is 0 Å². The SMILES string of the molecule is C#CCCCCC(=O)Nc1ccc(O)c(C)c1. The molecule has 0 aliphatic carbocycles. The molecular weight excluding hydrogens is 214 g/mol. The Hall–Kier alpha value is -1.95. The maximum absolute atomic E-state index is 11.5. The number of hydrogen-bond donors (Lipinski definition) is 2. The Kier molecular flexibility index (Phi) is 5.09. The molecule has 17 heavy (non-hydrogen) atoms. The number of unbranched alkanes of at least 4 members (excludes halogenated alkanes) is 2. The van der Waals surface area contributed by atoms with E-state index in [1.165, 1.54) is 0 Å². The highest BCUT2D eigenvalue weighted by atomic mass is 16.3. The van der Waals surface area contributed by atoms with Gasteiger partial charge in [0.1, 0.15) is 5.75 Å². The number of carbonyl (C=O) groups excluding carboxylic acids is 1. The molecule has 1 amide bonds. The molecule has 0 radical (unpaired) electrons. The number of phenols is 1. The fourth-order valence-corrected chi connectivity index (χ4v) is 1.47. The number of anilines is 1. The van der Waals surface area contributed by atoms with E-state index in [0.29, 0.717) is 18.5 Å². The highest BCUT2D eigenvalue weighted by Gasteiger charge is 2.03. The Morgan fingerprint density at radius 2 is 2.24 bits per heavy atom. The van der Waals surface area contributed by atoms with Gasteiger partial charge in [0.25, 0.3) is 0 Å². The van der Waals surface area contributed by atoms with Crippen LogP contribution < -0.4 is 5.32 Å². The van der Waals surface area contributed by atoms with Gasteiger partial charge in [-0.3, -0.25) is 4.79 Å². The summed E-state index contributed by atoms with van der Waals surface area (Å²) >= 11 is 0. The number of nitrogens with one attached hydrogen (secondary N) is 1. The standard InChI is InChI=1S/C14H17NO2/c1-3-4-5-6-7-14(17)15-12-8-9-13(16)11(2)10-12/h1,8-10,16H,4-7H2,2H3,(H,15,17). The number of amides is 1. The molecule has 1 aromatic carbocycles. The van der Waals surface area contributed by atoms with Gasteiger partial charge in [0, 0.05) is 18.5 Å². The second-order valence-corrected chi connectivity index (χ2v) is 3.96. The average molecular weight is 231 g/mol. The average Bonchev–Trinajstić information content (AvgIpc) is 2.30. The molecular formula is C14H17NO2. The van der Waals surface area contributed by atoms with E-state index in [9.17, 15) is 9.90 Å². The molecule has 0 spiro atoms. The van der Waals surface area contributed by atoms with Crippen LogP contribution in [0.25, 0.3) is 0 Å². The van der Waals surface area contributed by atoms with Crippen LogP contribution in [0.1, 0.15) is 31.2 Å². The predicted molar refractivity (Wildman–Crippen MR) is 68.8 cm³/mol. The van der Waals surface area contributed by atoms with Gasteiger partial charge in [0.15, 0.2) is 0 Å². The third kappa shape index (κ3) is 4.60. The van der Waals surface area contributed by atoms with Crippen molar-refractivity contribution in [3.05, 3.63) is 23.8 Å². The van der Waals surface area contributed by atoms with E-state index in [-0.39, 0.29) is 11.7 Å². The van der Waals surface area contributed by atoms with E-state index in [1.54, 1.807) is 25.1 Å². The minimum Gasteiger partial charge on any atom is -0.508 e. The summed E-state index contributed by atoms with van der Waals surface area (Å²) in [5, 5.41) is 12.1. The van der Waals surface area contributed by atoms with E-state index >= 15 is 0 Å². The van der Waals surface area contributed by atoms with Gasteiger partial charge in [0.05, 0.1) is 0 Å². The van der Waals surface area contributed by atoms with Crippen molar-refractivity contribution in [3.8, 4) is 18.1 Å². The molecule has 0 saturated carbocycles. The van der Waals surface area contributed by atoms with Crippen molar-refractivity contribution < 1.29 is 9.90 Å². The summed E-state index contributed by atoms with van der Waals surface area (Å²) in [7, 11) is 0. The predicted octanol–water partition coefficient (Wildman–Crippen LogP) is 2.83. The number of phenolic OH excluding ortho intramolecular Hbond substituents is 1. The summed E-state index contributed by atoms with van der Waals surface area (Å²) in [5.74, 6) is 2.76.